The first-order chi connectivity index (χ1) is 17.2. The Morgan fingerprint density at radius 1 is 1.08 bits per heavy atom. The molecule has 1 heterocycles. The first kappa shape index (κ1) is 26.9. The maximum atomic E-state index is 13.3. The molecule has 1 amide bonds. The molecular weight excluding hydrogens is 460 g/mol. The molecule has 0 bridgehead atoms. The van der Waals surface area contributed by atoms with Crippen LogP contribution in [0.4, 0.5) is 0 Å². The molecular formula is C28H34N2O6. The van der Waals surface area contributed by atoms with Gasteiger partial charge in [-0.2, -0.15) is 0 Å². The van der Waals surface area contributed by atoms with Gasteiger partial charge in [0.05, 0.1) is 18.2 Å². The van der Waals surface area contributed by atoms with Crippen molar-refractivity contribution < 1.29 is 29.0 Å². The highest BCUT2D eigenvalue weighted by atomic mass is 16.5. The Morgan fingerprint density at radius 3 is 2.42 bits per heavy atom. The molecule has 1 N–H and O–H groups in total. The van der Waals surface area contributed by atoms with Gasteiger partial charge < -0.3 is 24.4 Å². The lowest BCUT2D eigenvalue weighted by atomic mass is 9.94. The van der Waals surface area contributed by atoms with Crippen LogP contribution in [0, 0.1) is 6.92 Å². The first-order valence-corrected chi connectivity index (χ1v) is 12.2. The van der Waals surface area contributed by atoms with Crippen LogP contribution in [-0.4, -0.2) is 65.4 Å². The molecule has 1 unspecified atom stereocenters. The van der Waals surface area contributed by atoms with Crippen LogP contribution in [0.15, 0.2) is 48.0 Å². The molecule has 36 heavy (non-hydrogen) atoms. The van der Waals surface area contributed by atoms with Crippen molar-refractivity contribution in [3.63, 3.8) is 0 Å². The van der Waals surface area contributed by atoms with E-state index in [1.54, 1.807) is 42.5 Å². The lowest BCUT2D eigenvalue weighted by molar-refractivity contribution is -0.140. The third kappa shape index (κ3) is 5.76. The maximum absolute atomic E-state index is 13.3. The molecule has 1 aliphatic rings. The fourth-order valence-electron chi connectivity index (χ4n) is 4.43. The Kier molecular flexibility index (Phi) is 8.88. The van der Waals surface area contributed by atoms with E-state index in [9.17, 15) is 19.5 Å². The predicted octanol–water partition coefficient (Wildman–Crippen LogP) is 4.08. The number of carbonyl (C=O) groups excluding carboxylic acids is 3. The van der Waals surface area contributed by atoms with Gasteiger partial charge in [-0.25, -0.2) is 0 Å². The second-order valence-electron chi connectivity index (χ2n) is 8.60. The molecule has 8 heteroatoms. The third-order valence-electron chi connectivity index (χ3n) is 6.28. The first-order valence-electron chi connectivity index (χ1n) is 12.2. The number of aliphatic hydroxyl groups excluding tert-OH is 1. The minimum absolute atomic E-state index is 0.00285. The number of Topliss-reactive ketones (excluding diaryl/α,β-unsaturated/α-hetero) is 1. The van der Waals surface area contributed by atoms with Gasteiger partial charge in [-0.1, -0.05) is 26.0 Å². The van der Waals surface area contributed by atoms with Crippen LogP contribution in [0.25, 0.3) is 5.76 Å². The summed E-state index contributed by atoms with van der Waals surface area (Å²) in [5.41, 5.74) is 1.78. The Labute approximate surface area is 212 Å². The fraction of sp³-hybridized carbons (Fsp3) is 0.393. The molecule has 1 aliphatic heterocycles. The number of rotatable bonds is 10. The number of aryl methyl sites for hydroxylation is 1. The van der Waals surface area contributed by atoms with Crippen LogP contribution in [0.1, 0.15) is 50.4 Å². The van der Waals surface area contributed by atoms with Crippen LogP contribution in [0.2, 0.25) is 0 Å². The van der Waals surface area contributed by atoms with Crippen molar-refractivity contribution in [3.05, 3.63) is 64.7 Å². The second kappa shape index (κ2) is 11.9. The number of hydrogen-bond acceptors (Lipinski definition) is 7. The van der Waals surface area contributed by atoms with Gasteiger partial charge in [0.1, 0.15) is 17.3 Å². The average Bonchev–Trinajstić information content (AvgIpc) is 3.10. The van der Waals surface area contributed by atoms with Gasteiger partial charge in [-0.05, 0) is 68.4 Å². The SMILES string of the molecule is CCOc1ccc(/C(O)=C2\C(=O)C(=O)N(CCN(CC)CC)C2c2cccc(OC(C)=O)c2)cc1C. The number of hydrogen-bond donors (Lipinski definition) is 1. The zero-order valence-electron chi connectivity index (χ0n) is 21.5. The summed E-state index contributed by atoms with van der Waals surface area (Å²) in [6.45, 7) is 12.1. The van der Waals surface area contributed by atoms with Gasteiger partial charge in [0.25, 0.3) is 11.7 Å². The fourth-order valence-corrected chi connectivity index (χ4v) is 4.43. The van der Waals surface area contributed by atoms with E-state index < -0.39 is 23.7 Å². The van der Waals surface area contributed by atoms with Gasteiger partial charge in [0, 0.05) is 25.6 Å². The van der Waals surface area contributed by atoms with E-state index in [0.29, 0.717) is 42.3 Å². The predicted molar refractivity (Wildman–Crippen MR) is 137 cm³/mol. The van der Waals surface area contributed by atoms with Gasteiger partial charge >= 0.3 is 5.97 Å². The van der Waals surface area contributed by atoms with Crippen LogP contribution >= 0.6 is 0 Å². The number of amides is 1. The van der Waals surface area contributed by atoms with E-state index in [0.717, 1.165) is 18.7 Å². The molecule has 0 radical (unpaired) electrons. The molecule has 2 aromatic rings. The average molecular weight is 495 g/mol. The number of likely N-dealkylation sites (tertiary alicyclic amines) is 1. The smallest absolute Gasteiger partial charge is 0.308 e. The quantitative estimate of drug-likeness (QED) is 0.175. The molecule has 1 fully saturated rings. The molecule has 0 aromatic heterocycles. The van der Waals surface area contributed by atoms with E-state index in [-0.39, 0.29) is 11.3 Å². The summed E-state index contributed by atoms with van der Waals surface area (Å²) in [5.74, 6) is -1.18. The summed E-state index contributed by atoms with van der Waals surface area (Å²) in [5, 5.41) is 11.3. The van der Waals surface area contributed by atoms with Crippen molar-refractivity contribution >= 4 is 23.4 Å². The lowest BCUT2D eigenvalue weighted by Crippen LogP contribution is -2.38. The summed E-state index contributed by atoms with van der Waals surface area (Å²) >= 11 is 0. The van der Waals surface area contributed by atoms with Crippen molar-refractivity contribution in [2.45, 2.75) is 40.7 Å². The van der Waals surface area contributed by atoms with Crippen molar-refractivity contribution in [1.29, 1.82) is 0 Å². The molecule has 3 rings (SSSR count). The Balaban J connectivity index is 2.13. The number of carbonyl (C=O) groups is 3. The van der Waals surface area contributed by atoms with Crippen LogP contribution in [0.3, 0.4) is 0 Å². The van der Waals surface area contributed by atoms with Gasteiger partial charge in [-0.3, -0.25) is 14.4 Å². The summed E-state index contributed by atoms with van der Waals surface area (Å²) in [6, 6.07) is 11.0. The van der Waals surface area contributed by atoms with E-state index in [4.69, 9.17) is 9.47 Å². The van der Waals surface area contributed by atoms with E-state index in [2.05, 4.69) is 4.90 Å². The summed E-state index contributed by atoms with van der Waals surface area (Å²) in [4.78, 5) is 41.6. The maximum Gasteiger partial charge on any atom is 0.308 e. The minimum atomic E-state index is -0.831. The molecule has 0 aliphatic carbocycles. The van der Waals surface area contributed by atoms with Gasteiger partial charge in [0.15, 0.2) is 0 Å². The number of benzene rings is 2. The van der Waals surface area contributed by atoms with Crippen molar-refractivity contribution in [1.82, 2.24) is 9.80 Å². The topological polar surface area (TPSA) is 96.4 Å². The Morgan fingerprint density at radius 2 is 1.81 bits per heavy atom. The molecule has 192 valence electrons. The number of nitrogens with zero attached hydrogens (tertiary/aromatic N) is 2. The van der Waals surface area contributed by atoms with Gasteiger partial charge in [0.2, 0.25) is 0 Å². The van der Waals surface area contributed by atoms with Crippen LogP contribution < -0.4 is 9.47 Å². The number of esters is 1. The zero-order valence-corrected chi connectivity index (χ0v) is 21.5. The highest BCUT2D eigenvalue weighted by Gasteiger charge is 2.46. The largest absolute Gasteiger partial charge is 0.507 e. The normalized spacial score (nSPS) is 17.1. The highest BCUT2D eigenvalue weighted by Crippen LogP contribution is 2.40. The molecule has 2 aromatic carbocycles. The number of ketones is 1. The molecule has 0 spiro atoms. The lowest BCUT2D eigenvalue weighted by Gasteiger charge is -2.28. The molecule has 1 atom stereocenters. The second-order valence-corrected chi connectivity index (χ2v) is 8.60. The third-order valence-corrected chi connectivity index (χ3v) is 6.28. The highest BCUT2D eigenvalue weighted by molar-refractivity contribution is 6.46. The Bertz CT molecular complexity index is 1170. The summed E-state index contributed by atoms with van der Waals surface area (Å²) < 4.78 is 10.8. The van der Waals surface area contributed by atoms with Crippen LogP contribution in [0.5, 0.6) is 11.5 Å². The van der Waals surface area contributed by atoms with Crippen molar-refractivity contribution in [2.24, 2.45) is 0 Å². The molecule has 8 nitrogen and oxygen atoms in total. The molecule has 1 saturated heterocycles. The number of aliphatic hydroxyl groups is 1. The van der Waals surface area contributed by atoms with E-state index >= 15 is 0 Å². The monoisotopic (exact) mass is 494 g/mol. The summed E-state index contributed by atoms with van der Waals surface area (Å²) in [7, 11) is 0. The van der Waals surface area contributed by atoms with E-state index in [1.165, 1.54) is 11.8 Å². The van der Waals surface area contributed by atoms with Crippen LogP contribution in [-0.2, 0) is 14.4 Å². The van der Waals surface area contributed by atoms with E-state index in [1.807, 2.05) is 27.7 Å². The minimum Gasteiger partial charge on any atom is -0.507 e. The molecule has 0 saturated carbocycles. The van der Waals surface area contributed by atoms with Crippen molar-refractivity contribution in [3.8, 4) is 11.5 Å². The number of ether oxygens (including phenoxy) is 2. The Hall–Kier alpha value is -3.65. The van der Waals surface area contributed by atoms with Crippen molar-refractivity contribution in [2.75, 3.05) is 32.8 Å². The summed E-state index contributed by atoms with van der Waals surface area (Å²) in [6.07, 6.45) is 0. The standard InChI is InChI=1S/C28H34N2O6/c1-6-29(7-2)14-15-30-25(20-10-9-11-22(17-20)36-19(5)31)24(27(33)28(30)34)26(32)21-12-13-23(35-8-3)18(4)16-21/h9-13,16-17,25,32H,6-8,14-15H2,1-5H3/b26-24+. The van der Waals surface area contributed by atoms with Gasteiger partial charge in [-0.15, -0.1) is 0 Å². The zero-order chi connectivity index (χ0) is 26.4. The number of likely N-dealkylation sites (N-methyl/N-ethyl adjacent to an activating group) is 1.